The van der Waals surface area contributed by atoms with Gasteiger partial charge >= 0.3 is 6.36 Å². The normalized spacial score (nSPS) is 21.8. The van der Waals surface area contributed by atoms with E-state index in [1.54, 1.807) is 0 Å². The fourth-order valence-electron chi connectivity index (χ4n) is 2.46. The van der Waals surface area contributed by atoms with Gasteiger partial charge in [0, 0.05) is 19.2 Å². The van der Waals surface area contributed by atoms with E-state index in [0.717, 1.165) is 31.5 Å². The molecule has 1 saturated heterocycles. The standard InChI is InChI=1S/C14H19F3N2O3S.ClH/c1-13(6-3-7-18-9-13)10-19-23(20,21)12-5-2-4-11(8-12)22-14(15,16)17;/h2,4-5,8,18-19H,3,6-7,9-10H2,1H3;1H. The van der Waals surface area contributed by atoms with E-state index in [-0.39, 0.29) is 29.3 Å². The molecule has 0 bridgehead atoms. The first-order chi connectivity index (χ1) is 10.6. The highest BCUT2D eigenvalue weighted by Crippen LogP contribution is 2.27. The molecule has 0 radical (unpaired) electrons. The van der Waals surface area contributed by atoms with Crippen molar-refractivity contribution in [2.24, 2.45) is 5.41 Å². The molecular formula is C14H20ClF3N2O3S. The maximum atomic E-state index is 12.3. The van der Waals surface area contributed by atoms with E-state index in [1.807, 2.05) is 6.92 Å². The van der Waals surface area contributed by atoms with Crippen molar-refractivity contribution in [3.63, 3.8) is 0 Å². The largest absolute Gasteiger partial charge is 0.573 e. The first-order valence-electron chi connectivity index (χ1n) is 7.16. The Bertz CT molecular complexity index is 647. The highest BCUT2D eigenvalue weighted by molar-refractivity contribution is 7.89. The molecule has 24 heavy (non-hydrogen) atoms. The fourth-order valence-corrected chi connectivity index (χ4v) is 3.69. The highest BCUT2D eigenvalue weighted by Gasteiger charge is 2.32. The lowest BCUT2D eigenvalue weighted by atomic mass is 9.83. The Balaban J connectivity index is 0.00000288. The third-order valence-electron chi connectivity index (χ3n) is 3.72. The molecule has 1 atom stereocenters. The molecule has 1 unspecified atom stereocenters. The molecule has 0 spiro atoms. The van der Waals surface area contributed by atoms with Gasteiger partial charge in [-0.25, -0.2) is 13.1 Å². The molecule has 0 amide bonds. The number of ether oxygens (including phenoxy) is 1. The van der Waals surface area contributed by atoms with E-state index in [2.05, 4.69) is 14.8 Å². The molecule has 1 aromatic rings. The summed E-state index contributed by atoms with van der Waals surface area (Å²) in [5, 5.41) is 3.21. The summed E-state index contributed by atoms with van der Waals surface area (Å²) in [5.74, 6) is -0.564. The van der Waals surface area contributed by atoms with Crippen LogP contribution in [0.25, 0.3) is 0 Å². The van der Waals surface area contributed by atoms with Crippen molar-refractivity contribution in [2.45, 2.75) is 31.0 Å². The molecule has 10 heteroatoms. The van der Waals surface area contributed by atoms with Crippen molar-refractivity contribution >= 4 is 22.4 Å². The second-order valence-electron chi connectivity index (χ2n) is 5.94. The van der Waals surface area contributed by atoms with E-state index in [9.17, 15) is 21.6 Å². The molecule has 0 saturated carbocycles. The SMILES string of the molecule is CC1(CNS(=O)(=O)c2cccc(OC(F)(F)F)c2)CCCNC1.Cl. The van der Waals surface area contributed by atoms with Crippen molar-refractivity contribution in [3.05, 3.63) is 24.3 Å². The minimum atomic E-state index is -4.86. The molecular weight excluding hydrogens is 369 g/mol. The number of hydrogen-bond acceptors (Lipinski definition) is 4. The number of benzene rings is 1. The third-order valence-corrected chi connectivity index (χ3v) is 5.12. The van der Waals surface area contributed by atoms with Gasteiger partial charge < -0.3 is 10.1 Å². The fraction of sp³-hybridized carbons (Fsp3) is 0.571. The molecule has 1 aliphatic heterocycles. The van der Waals surface area contributed by atoms with Gasteiger partial charge in [0.25, 0.3) is 0 Å². The van der Waals surface area contributed by atoms with Gasteiger partial charge in [-0.05, 0) is 36.9 Å². The number of sulfonamides is 1. The number of rotatable bonds is 5. The average Bonchev–Trinajstić information content (AvgIpc) is 2.45. The minimum absolute atomic E-state index is 0. The predicted octanol–water partition coefficient (Wildman–Crippen LogP) is 2.68. The Morgan fingerprint density at radius 3 is 2.67 bits per heavy atom. The van der Waals surface area contributed by atoms with Crippen molar-refractivity contribution in [1.29, 1.82) is 0 Å². The Morgan fingerprint density at radius 1 is 1.38 bits per heavy atom. The number of piperidine rings is 1. The van der Waals surface area contributed by atoms with E-state index < -0.39 is 22.1 Å². The van der Waals surface area contributed by atoms with Crippen LogP contribution in [-0.4, -0.2) is 34.4 Å². The van der Waals surface area contributed by atoms with E-state index >= 15 is 0 Å². The Hall–Kier alpha value is -1.03. The topological polar surface area (TPSA) is 67.4 Å². The van der Waals surface area contributed by atoms with Crippen LogP contribution in [0.3, 0.4) is 0 Å². The smallest absolute Gasteiger partial charge is 0.406 e. The summed E-state index contributed by atoms with van der Waals surface area (Å²) in [5.41, 5.74) is -0.217. The predicted molar refractivity (Wildman–Crippen MR) is 85.8 cm³/mol. The molecule has 138 valence electrons. The lowest BCUT2D eigenvalue weighted by Crippen LogP contribution is -2.45. The molecule has 1 aliphatic rings. The van der Waals surface area contributed by atoms with Gasteiger partial charge in [0.05, 0.1) is 4.90 Å². The molecule has 5 nitrogen and oxygen atoms in total. The monoisotopic (exact) mass is 388 g/mol. The van der Waals surface area contributed by atoms with Crippen molar-refractivity contribution < 1.29 is 26.3 Å². The summed E-state index contributed by atoms with van der Waals surface area (Å²) in [6.45, 7) is 3.77. The summed E-state index contributed by atoms with van der Waals surface area (Å²) < 4.78 is 67.4. The molecule has 2 N–H and O–H groups in total. The highest BCUT2D eigenvalue weighted by atomic mass is 35.5. The first kappa shape index (κ1) is 21.0. The van der Waals surface area contributed by atoms with Crippen LogP contribution in [0.5, 0.6) is 5.75 Å². The van der Waals surface area contributed by atoms with Gasteiger partial charge in [0.15, 0.2) is 0 Å². The van der Waals surface area contributed by atoms with Gasteiger partial charge in [-0.3, -0.25) is 0 Å². The zero-order valence-corrected chi connectivity index (χ0v) is 14.7. The lowest BCUT2D eigenvalue weighted by molar-refractivity contribution is -0.274. The summed E-state index contributed by atoms with van der Waals surface area (Å²) in [4.78, 5) is -0.258. The molecule has 1 aromatic carbocycles. The van der Waals surface area contributed by atoms with Crippen LogP contribution in [0.4, 0.5) is 13.2 Å². The van der Waals surface area contributed by atoms with E-state index in [1.165, 1.54) is 12.1 Å². The zero-order chi connectivity index (χ0) is 17.1. The summed E-state index contributed by atoms with van der Waals surface area (Å²) in [6, 6.07) is 4.35. The van der Waals surface area contributed by atoms with E-state index in [4.69, 9.17) is 0 Å². The molecule has 0 aromatic heterocycles. The quantitative estimate of drug-likeness (QED) is 0.813. The van der Waals surface area contributed by atoms with Crippen LogP contribution in [0.15, 0.2) is 29.2 Å². The Kier molecular flexibility index (Phi) is 6.92. The maximum Gasteiger partial charge on any atom is 0.573 e. The first-order valence-corrected chi connectivity index (χ1v) is 8.64. The van der Waals surface area contributed by atoms with Gasteiger partial charge in [-0.15, -0.1) is 25.6 Å². The number of halogens is 4. The van der Waals surface area contributed by atoms with Crippen molar-refractivity contribution in [3.8, 4) is 5.75 Å². The van der Waals surface area contributed by atoms with Crippen LogP contribution in [0.1, 0.15) is 19.8 Å². The van der Waals surface area contributed by atoms with Crippen molar-refractivity contribution in [1.82, 2.24) is 10.0 Å². The molecule has 1 fully saturated rings. The van der Waals surface area contributed by atoms with Gasteiger partial charge in [0.2, 0.25) is 10.0 Å². The van der Waals surface area contributed by atoms with Crippen molar-refractivity contribution in [2.75, 3.05) is 19.6 Å². The minimum Gasteiger partial charge on any atom is -0.406 e. The lowest BCUT2D eigenvalue weighted by Gasteiger charge is -2.34. The zero-order valence-electron chi connectivity index (χ0n) is 13.0. The number of hydrogen-bond donors (Lipinski definition) is 2. The van der Waals surface area contributed by atoms with Crippen LogP contribution < -0.4 is 14.8 Å². The number of nitrogens with one attached hydrogen (secondary N) is 2. The maximum absolute atomic E-state index is 12.3. The average molecular weight is 389 g/mol. The molecule has 1 heterocycles. The summed E-state index contributed by atoms with van der Waals surface area (Å²) >= 11 is 0. The number of alkyl halides is 3. The van der Waals surface area contributed by atoms with Crippen LogP contribution >= 0.6 is 12.4 Å². The second kappa shape index (κ2) is 7.90. The van der Waals surface area contributed by atoms with Gasteiger partial charge in [-0.1, -0.05) is 13.0 Å². The Morgan fingerprint density at radius 2 is 2.08 bits per heavy atom. The Labute approximate surface area is 145 Å². The summed E-state index contributed by atoms with van der Waals surface area (Å²) in [7, 11) is -3.90. The van der Waals surface area contributed by atoms with Gasteiger partial charge in [0.1, 0.15) is 5.75 Å². The van der Waals surface area contributed by atoms with Crippen LogP contribution in [0, 0.1) is 5.41 Å². The third kappa shape index (κ3) is 6.12. The molecule has 0 aliphatic carbocycles. The van der Waals surface area contributed by atoms with Gasteiger partial charge in [-0.2, -0.15) is 0 Å². The van der Waals surface area contributed by atoms with E-state index in [0.29, 0.717) is 6.54 Å². The summed E-state index contributed by atoms with van der Waals surface area (Å²) in [6.07, 6.45) is -3.04. The second-order valence-corrected chi connectivity index (χ2v) is 7.71. The van der Waals surface area contributed by atoms with Crippen LogP contribution in [-0.2, 0) is 10.0 Å². The van der Waals surface area contributed by atoms with Crippen LogP contribution in [0.2, 0.25) is 0 Å². The molecule has 2 rings (SSSR count).